The van der Waals surface area contributed by atoms with Crippen LogP contribution in [-0.4, -0.2) is 30.7 Å². The molecule has 2 bridgehead atoms. The van der Waals surface area contributed by atoms with Crippen LogP contribution >= 0.6 is 11.6 Å². The van der Waals surface area contributed by atoms with Crippen molar-refractivity contribution in [1.29, 1.82) is 0 Å². The average Bonchev–Trinajstić information content (AvgIpc) is 2.62. The molecule has 0 spiro atoms. The van der Waals surface area contributed by atoms with Crippen LogP contribution in [0.25, 0.3) is 0 Å². The highest BCUT2D eigenvalue weighted by molar-refractivity contribution is 6.33. The summed E-state index contributed by atoms with van der Waals surface area (Å²) in [4.78, 5) is 0. The molecule has 0 aromatic heterocycles. The third kappa shape index (κ3) is 2.17. The van der Waals surface area contributed by atoms with Gasteiger partial charge in [-0.15, -0.1) is 0 Å². The lowest BCUT2D eigenvalue weighted by molar-refractivity contribution is -0.960. The van der Waals surface area contributed by atoms with Crippen molar-refractivity contribution < 1.29 is 9.22 Å². The number of halogens is 1. The van der Waals surface area contributed by atoms with Gasteiger partial charge in [0.25, 0.3) is 0 Å². The number of nitrogens with two attached hydrogens (primary N) is 1. The number of piperidine rings is 1. The minimum atomic E-state index is 0.594. The van der Waals surface area contributed by atoms with E-state index in [4.69, 9.17) is 22.1 Å². The zero-order chi connectivity index (χ0) is 14.3. The van der Waals surface area contributed by atoms with E-state index in [9.17, 15) is 0 Å². The van der Waals surface area contributed by atoms with Crippen LogP contribution in [0, 0.1) is 0 Å². The lowest BCUT2D eigenvalue weighted by atomic mass is 9.98. The molecule has 2 aliphatic heterocycles. The van der Waals surface area contributed by atoms with Gasteiger partial charge in [0.05, 0.1) is 37.0 Å². The third-order valence-electron chi connectivity index (χ3n) is 5.49. The number of hydrogen-bond donors (Lipinski definition) is 1. The van der Waals surface area contributed by atoms with Crippen LogP contribution in [0.15, 0.2) is 12.1 Å². The van der Waals surface area contributed by atoms with E-state index in [0.29, 0.717) is 10.7 Å². The van der Waals surface area contributed by atoms with E-state index in [0.717, 1.165) is 28.9 Å². The fourth-order valence-electron chi connectivity index (χ4n) is 4.29. The van der Waals surface area contributed by atoms with Gasteiger partial charge in [0.2, 0.25) is 0 Å². The number of anilines is 1. The fraction of sp³-hybridized carbons (Fsp3) is 0.625. The number of quaternary nitrogens is 1. The van der Waals surface area contributed by atoms with E-state index in [2.05, 4.69) is 7.05 Å². The number of rotatable bonds is 3. The summed E-state index contributed by atoms with van der Waals surface area (Å²) in [7, 11) is 4.11. The van der Waals surface area contributed by atoms with Crippen molar-refractivity contribution in [3.63, 3.8) is 0 Å². The lowest BCUT2D eigenvalue weighted by Crippen LogP contribution is -2.55. The van der Waals surface area contributed by atoms with Crippen molar-refractivity contribution in [3.8, 4) is 5.75 Å². The topological polar surface area (TPSA) is 35.2 Å². The van der Waals surface area contributed by atoms with Crippen LogP contribution in [0.2, 0.25) is 5.02 Å². The van der Waals surface area contributed by atoms with Crippen molar-refractivity contribution >= 4 is 17.3 Å². The van der Waals surface area contributed by atoms with Crippen molar-refractivity contribution in [2.75, 3.05) is 19.9 Å². The second-order valence-corrected chi connectivity index (χ2v) is 6.91. The van der Waals surface area contributed by atoms with Crippen LogP contribution in [-0.2, 0) is 6.54 Å². The number of nitrogen functional groups attached to an aromatic ring is 1. The SMILES string of the molecule is COc1cc(N)c(Cl)cc1C[N+]1(C)C2CCCC1CC2. The summed E-state index contributed by atoms with van der Waals surface area (Å²) in [6.07, 6.45) is 6.84. The van der Waals surface area contributed by atoms with Gasteiger partial charge in [-0.1, -0.05) is 11.6 Å². The monoisotopic (exact) mass is 295 g/mol. The largest absolute Gasteiger partial charge is 0.496 e. The van der Waals surface area contributed by atoms with Crippen LogP contribution in [0.1, 0.15) is 37.7 Å². The summed E-state index contributed by atoms with van der Waals surface area (Å²) in [6.45, 7) is 0.999. The molecule has 3 rings (SSSR count). The Kier molecular flexibility index (Phi) is 3.59. The normalized spacial score (nSPS) is 32.4. The Morgan fingerprint density at radius 1 is 1.25 bits per heavy atom. The number of nitrogens with zero attached hydrogens (tertiary/aromatic N) is 1. The van der Waals surface area contributed by atoms with Crippen molar-refractivity contribution in [1.82, 2.24) is 0 Å². The molecule has 1 aromatic rings. The molecule has 4 heteroatoms. The first-order chi connectivity index (χ1) is 9.54. The van der Waals surface area contributed by atoms with Crippen LogP contribution in [0.3, 0.4) is 0 Å². The number of fused-ring (bicyclic) bond motifs is 2. The molecule has 0 saturated carbocycles. The maximum Gasteiger partial charge on any atom is 0.129 e. The predicted octanol–water partition coefficient (Wildman–Crippen LogP) is 3.59. The van der Waals surface area contributed by atoms with Crippen LogP contribution in [0.5, 0.6) is 5.75 Å². The fourth-order valence-corrected chi connectivity index (χ4v) is 4.48. The van der Waals surface area contributed by atoms with E-state index in [-0.39, 0.29) is 0 Å². The molecule has 1 aromatic carbocycles. The van der Waals surface area contributed by atoms with Gasteiger partial charge >= 0.3 is 0 Å². The first-order valence-corrected chi connectivity index (χ1v) is 7.89. The van der Waals surface area contributed by atoms with Crippen molar-refractivity contribution in [2.24, 2.45) is 0 Å². The molecule has 2 N–H and O–H groups in total. The zero-order valence-electron chi connectivity index (χ0n) is 12.4. The number of benzene rings is 1. The minimum absolute atomic E-state index is 0.594. The molecular weight excluding hydrogens is 272 g/mol. The molecule has 110 valence electrons. The lowest BCUT2D eigenvalue weighted by Gasteiger charge is -2.45. The summed E-state index contributed by atoms with van der Waals surface area (Å²) >= 11 is 6.21. The Morgan fingerprint density at radius 2 is 1.90 bits per heavy atom. The quantitative estimate of drug-likeness (QED) is 0.683. The third-order valence-corrected chi connectivity index (χ3v) is 5.81. The number of methoxy groups -OCH3 is 1. The Bertz CT molecular complexity index is 501. The standard InChI is InChI=1S/C16H24ClN2O/c1-19(12-4-3-5-13(19)7-6-12)10-11-8-14(17)15(18)9-16(11)20-2/h8-9,12-13H,3-7,10,18H2,1-2H3/q+1. The predicted molar refractivity (Wildman–Crippen MR) is 83.0 cm³/mol. The molecule has 2 fully saturated rings. The van der Waals surface area contributed by atoms with E-state index in [1.165, 1.54) is 37.7 Å². The first kappa shape index (κ1) is 14.0. The maximum atomic E-state index is 6.21. The highest BCUT2D eigenvalue weighted by Gasteiger charge is 2.48. The molecule has 2 aliphatic rings. The Labute approximate surface area is 126 Å². The second-order valence-electron chi connectivity index (χ2n) is 6.51. The molecule has 0 amide bonds. The summed E-state index contributed by atoms with van der Waals surface area (Å²) < 4.78 is 6.66. The van der Waals surface area contributed by atoms with Gasteiger partial charge in [0.15, 0.2) is 0 Å². The summed E-state index contributed by atoms with van der Waals surface area (Å²) in [6, 6.07) is 5.45. The zero-order valence-corrected chi connectivity index (χ0v) is 13.1. The molecule has 2 atom stereocenters. The maximum absolute atomic E-state index is 6.21. The smallest absolute Gasteiger partial charge is 0.129 e. The van der Waals surface area contributed by atoms with Crippen LogP contribution < -0.4 is 10.5 Å². The molecule has 3 nitrogen and oxygen atoms in total. The van der Waals surface area contributed by atoms with Crippen molar-refractivity contribution in [2.45, 2.75) is 50.7 Å². The second kappa shape index (κ2) is 5.12. The number of ether oxygens (including phenoxy) is 1. The average molecular weight is 296 g/mol. The summed E-state index contributed by atoms with van der Waals surface area (Å²) in [5, 5.41) is 0.636. The van der Waals surface area contributed by atoms with E-state index in [1.807, 2.05) is 12.1 Å². The molecule has 2 saturated heterocycles. The Hall–Kier alpha value is -0.930. The molecule has 2 unspecified atom stereocenters. The highest BCUT2D eigenvalue weighted by Crippen LogP contribution is 2.43. The molecule has 20 heavy (non-hydrogen) atoms. The molecule has 0 aliphatic carbocycles. The van der Waals surface area contributed by atoms with Gasteiger partial charge in [0.1, 0.15) is 12.3 Å². The minimum Gasteiger partial charge on any atom is -0.496 e. The van der Waals surface area contributed by atoms with E-state index < -0.39 is 0 Å². The Balaban J connectivity index is 1.93. The highest BCUT2D eigenvalue weighted by atomic mass is 35.5. The Morgan fingerprint density at radius 3 is 2.50 bits per heavy atom. The van der Waals surface area contributed by atoms with Gasteiger partial charge in [-0.3, -0.25) is 0 Å². The van der Waals surface area contributed by atoms with Gasteiger partial charge in [-0.25, -0.2) is 0 Å². The van der Waals surface area contributed by atoms with Gasteiger partial charge in [-0.05, 0) is 25.3 Å². The van der Waals surface area contributed by atoms with Crippen molar-refractivity contribution in [3.05, 3.63) is 22.7 Å². The van der Waals surface area contributed by atoms with Gasteiger partial charge < -0.3 is 15.0 Å². The van der Waals surface area contributed by atoms with E-state index >= 15 is 0 Å². The summed E-state index contributed by atoms with van der Waals surface area (Å²) in [5.41, 5.74) is 7.66. The number of hydrogen-bond acceptors (Lipinski definition) is 2. The van der Waals surface area contributed by atoms with E-state index in [1.54, 1.807) is 7.11 Å². The first-order valence-electron chi connectivity index (χ1n) is 7.51. The molecule has 0 radical (unpaired) electrons. The summed E-state index contributed by atoms with van der Waals surface area (Å²) in [5.74, 6) is 0.872. The molecule has 2 heterocycles. The molecular formula is C16H24ClN2O+. The van der Waals surface area contributed by atoms with Gasteiger partial charge in [-0.2, -0.15) is 0 Å². The van der Waals surface area contributed by atoms with Gasteiger partial charge in [0, 0.05) is 24.5 Å². The van der Waals surface area contributed by atoms with Crippen LogP contribution in [0.4, 0.5) is 5.69 Å².